The van der Waals surface area contributed by atoms with Crippen LogP contribution in [0.1, 0.15) is 0 Å². The van der Waals surface area contributed by atoms with Crippen LogP contribution in [0.25, 0.3) is 10.8 Å². The standard InChI is InChI=1S/C13H16N2/c1-14-11-8-4-6-10-7-5-9-12(13(10)11)15(2)3/h4-9,14H,1-3H3. The number of fused-ring (bicyclic) bond motifs is 1. The predicted molar refractivity (Wildman–Crippen MR) is 67.8 cm³/mol. The number of anilines is 2. The third kappa shape index (κ3) is 1.63. The van der Waals surface area contributed by atoms with Crippen LogP contribution in [0, 0.1) is 0 Å². The SMILES string of the molecule is CNc1cccc2cccc(N(C)C)c12. The van der Waals surface area contributed by atoms with E-state index in [9.17, 15) is 0 Å². The van der Waals surface area contributed by atoms with Gasteiger partial charge in [0.05, 0.1) is 0 Å². The summed E-state index contributed by atoms with van der Waals surface area (Å²) < 4.78 is 0. The number of benzene rings is 2. The van der Waals surface area contributed by atoms with Crippen LogP contribution in [0.5, 0.6) is 0 Å². The van der Waals surface area contributed by atoms with Gasteiger partial charge in [-0.2, -0.15) is 0 Å². The highest BCUT2D eigenvalue weighted by molar-refractivity contribution is 6.03. The first kappa shape index (κ1) is 9.84. The van der Waals surface area contributed by atoms with Crippen molar-refractivity contribution < 1.29 is 0 Å². The summed E-state index contributed by atoms with van der Waals surface area (Å²) in [5, 5.41) is 5.79. The minimum atomic E-state index is 1.18. The molecule has 0 heterocycles. The van der Waals surface area contributed by atoms with E-state index in [1.165, 1.54) is 22.1 Å². The number of nitrogens with one attached hydrogen (secondary N) is 1. The molecular weight excluding hydrogens is 184 g/mol. The largest absolute Gasteiger partial charge is 0.388 e. The second-order valence-electron chi connectivity index (χ2n) is 3.83. The number of nitrogens with zero attached hydrogens (tertiary/aromatic N) is 1. The van der Waals surface area contributed by atoms with Crippen LogP contribution in [0.4, 0.5) is 11.4 Å². The highest BCUT2D eigenvalue weighted by Crippen LogP contribution is 2.31. The summed E-state index contributed by atoms with van der Waals surface area (Å²) in [4.78, 5) is 2.14. The van der Waals surface area contributed by atoms with Gasteiger partial charge in [-0.3, -0.25) is 0 Å². The topological polar surface area (TPSA) is 15.3 Å². The summed E-state index contributed by atoms with van der Waals surface area (Å²) in [6.07, 6.45) is 0. The Balaban J connectivity index is 2.81. The maximum atomic E-state index is 3.24. The quantitative estimate of drug-likeness (QED) is 0.801. The molecular formula is C13H16N2. The summed E-state index contributed by atoms with van der Waals surface area (Å²) in [7, 11) is 6.10. The number of hydrogen-bond acceptors (Lipinski definition) is 2. The van der Waals surface area contributed by atoms with Crippen LogP contribution >= 0.6 is 0 Å². The Labute approximate surface area is 90.5 Å². The number of hydrogen-bond donors (Lipinski definition) is 1. The van der Waals surface area contributed by atoms with Crippen LogP contribution in [0.3, 0.4) is 0 Å². The van der Waals surface area contributed by atoms with E-state index in [0.717, 1.165) is 0 Å². The van der Waals surface area contributed by atoms with E-state index in [2.05, 4.69) is 60.7 Å². The van der Waals surface area contributed by atoms with Crippen LogP contribution < -0.4 is 10.2 Å². The van der Waals surface area contributed by atoms with Gasteiger partial charge in [-0.1, -0.05) is 24.3 Å². The average molecular weight is 200 g/mol. The molecule has 2 nitrogen and oxygen atoms in total. The maximum absolute atomic E-state index is 3.24. The molecule has 1 N–H and O–H groups in total. The molecule has 0 amide bonds. The second kappa shape index (κ2) is 3.81. The highest BCUT2D eigenvalue weighted by Gasteiger charge is 2.05. The van der Waals surface area contributed by atoms with Crippen LogP contribution in [0.2, 0.25) is 0 Å². The van der Waals surface area contributed by atoms with Crippen molar-refractivity contribution >= 4 is 22.1 Å². The molecule has 2 rings (SSSR count). The van der Waals surface area contributed by atoms with E-state index in [1.54, 1.807) is 0 Å². The molecule has 0 saturated carbocycles. The molecule has 0 bridgehead atoms. The summed E-state index contributed by atoms with van der Waals surface area (Å²) in [6, 6.07) is 12.7. The molecule has 0 spiro atoms. The lowest BCUT2D eigenvalue weighted by Gasteiger charge is -2.17. The Hall–Kier alpha value is -1.70. The Morgan fingerprint density at radius 1 is 1.00 bits per heavy atom. The van der Waals surface area contributed by atoms with Crippen molar-refractivity contribution in [3.05, 3.63) is 36.4 Å². The minimum absolute atomic E-state index is 1.18. The Kier molecular flexibility index (Phi) is 2.50. The van der Waals surface area contributed by atoms with E-state index < -0.39 is 0 Å². The number of rotatable bonds is 2. The first-order valence-electron chi connectivity index (χ1n) is 5.11. The maximum Gasteiger partial charge on any atom is 0.0461 e. The lowest BCUT2D eigenvalue weighted by Crippen LogP contribution is -2.09. The van der Waals surface area contributed by atoms with Crippen molar-refractivity contribution in [2.75, 3.05) is 31.4 Å². The van der Waals surface area contributed by atoms with Gasteiger partial charge in [-0.05, 0) is 17.5 Å². The Bertz CT molecular complexity index is 470. The van der Waals surface area contributed by atoms with Gasteiger partial charge in [-0.25, -0.2) is 0 Å². The fraction of sp³-hybridized carbons (Fsp3) is 0.231. The molecule has 0 aliphatic rings. The lowest BCUT2D eigenvalue weighted by atomic mass is 10.1. The third-order valence-electron chi connectivity index (χ3n) is 2.63. The molecule has 0 aliphatic heterocycles. The van der Waals surface area contributed by atoms with Crippen LogP contribution in [-0.4, -0.2) is 21.1 Å². The third-order valence-corrected chi connectivity index (χ3v) is 2.63. The van der Waals surface area contributed by atoms with Crippen molar-refractivity contribution in [1.82, 2.24) is 0 Å². The summed E-state index contributed by atoms with van der Waals surface area (Å²) >= 11 is 0. The van der Waals surface area contributed by atoms with Crippen molar-refractivity contribution in [3.8, 4) is 0 Å². The van der Waals surface area contributed by atoms with Gasteiger partial charge in [-0.15, -0.1) is 0 Å². The first-order chi connectivity index (χ1) is 7.24. The van der Waals surface area contributed by atoms with Crippen molar-refractivity contribution in [2.24, 2.45) is 0 Å². The van der Waals surface area contributed by atoms with Gasteiger partial charge in [0.1, 0.15) is 0 Å². The zero-order chi connectivity index (χ0) is 10.8. The van der Waals surface area contributed by atoms with Crippen LogP contribution in [-0.2, 0) is 0 Å². The molecule has 0 aromatic heterocycles. The fourth-order valence-corrected chi connectivity index (χ4v) is 1.90. The van der Waals surface area contributed by atoms with Gasteiger partial charge < -0.3 is 10.2 Å². The zero-order valence-corrected chi connectivity index (χ0v) is 9.41. The average Bonchev–Trinajstić information content (AvgIpc) is 2.27. The first-order valence-corrected chi connectivity index (χ1v) is 5.11. The monoisotopic (exact) mass is 200 g/mol. The van der Waals surface area contributed by atoms with Gasteiger partial charge in [0.15, 0.2) is 0 Å². The molecule has 2 aromatic carbocycles. The molecule has 0 saturated heterocycles. The van der Waals surface area contributed by atoms with E-state index >= 15 is 0 Å². The molecule has 0 unspecified atom stereocenters. The van der Waals surface area contributed by atoms with E-state index in [1.807, 2.05) is 7.05 Å². The molecule has 78 valence electrons. The second-order valence-corrected chi connectivity index (χ2v) is 3.83. The summed E-state index contributed by atoms with van der Waals surface area (Å²) in [5.74, 6) is 0. The molecule has 0 fully saturated rings. The molecule has 0 atom stereocenters. The van der Waals surface area contributed by atoms with Gasteiger partial charge in [0.2, 0.25) is 0 Å². The van der Waals surface area contributed by atoms with Gasteiger partial charge in [0.25, 0.3) is 0 Å². The fourth-order valence-electron chi connectivity index (χ4n) is 1.90. The predicted octanol–water partition coefficient (Wildman–Crippen LogP) is 2.95. The van der Waals surface area contributed by atoms with Gasteiger partial charge in [0, 0.05) is 37.9 Å². The zero-order valence-electron chi connectivity index (χ0n) is 9.41. The lowest BCUT2D eigenvalue weighted by molar-refractivity contribution is 1.14. The molecule has 15 heavy (non-hydrogen) atoms. The van der Waals surface area contributed by atoms with E-state index in [-0.39, 0.29) is 0 Å². The molecule has 0 radical (unpaired) electrons. The summed E-state index contributed by atoms with van der Waals surface area (Å²) in [6.45, 7) is 0. The molecule has 0 aliphatic carbocycles. The smallest absolute Gasteiger partial charge is 0.0461 e. The summed E-state index contributed by atoms with van der Waals surface area (Å²) in [5.41, 5.74) is 2.43. The van der Waals surface area contributed by atoms with E-state index in [0.29, 0.717) is 0 Å². The minimum Gasteiger partial charge on any atom is -0.388 e. The Morgan fingerprint density at radius 2 is 1.67 bits per heavy atom. The molecule has 2 heteroatoms. The van der Waals surface area contributed by atoms with Crippen molar-refractivity contribution in [2.45, 2.75) is 0 Å². The Morgan fingerprint density at radius 3 is 2.27 bits per heavy atom. The molecule has 2 aromatic rings. The van der Waals surface area contributed by atoms with Crippen molar-refractivity contribution in [1.29, 1.82) is 0 Å². The van der Waals surface area contributed by atoms with Crippen molar-refractivity contribution in [3.63, 3.8) is 0 Å². The van der Waals surface area contributed by atoms with E-state index in [4.69, 9.17) is 0 Å². The normalized spacial score (nSPS) is 10.3. The van der Waals surface area contributed by atoms with Gasteiger partial charge >= 0.3 is 0 Å². The highest BCUT2D eigenvalue weighted by atomic mass is 15.1. The van der Waals surface area contributed by atoms with Crippen LogP contribution in [0.15, 0.2) is 36.4 Å².